The van der Waals surface area contributed by atoms with Crippen LogP contribution in [-0.4, -0.2) is 40.4 Å². The maximum atomic E-state index is 11.3. The van der Waals surface area contributed by atoms with Crippen molar-refractivity contribution in [1.29, 1.82) is 0 Å². The fourth-order valence-electron chi connectivity index (χ4n) is 2.90. The van der Waals surface area contributed by atoms with E-state index in [1.54, 1.807) is 6.33 Å². The number of amides is 1. The largest absolute Gasteiger partial charge is 0.356 e. The highest BCUT2D eigenvalue weighted by Gasteiger charge is 2.40. The molecule has 5 nitrogen and oxygen atoms in total. The molecule has 5 heteroatoms. The van der Waals surface area contributed by atoms with Crippen molar-refractivity contribution in [2.45, 2.75) is 25.8 Å². The van der Waals surface area contributed by atoms with Gasteiger partial charge in [0.15, 0.2) is 0 Å². The number of nitrogens with one attached hydrogen (secondary N) is 2. The van der Waals surface area contributed by atoms with Crippen LogP contribution in [0.2, 0.25) is 0 Å². The summed E-state index contributed by atoms with van der Waals surface area (Å²) in [7, 11) is 0. The second-order valence-corrected chi connectivity index (χ2v) is 5.31. The molecule has 1 aromatic rings. The molecule has 1 aromatic heterocycles. The molecule has 3 rings (SSSR count). The van der Waals surface area contributed by atoms with Crippen LogP contribution in [0, 0.1) is 5.41 Å². The zero-order chi connectivity index (χ0) is 11.7. The van der Waals surface area contributed by atoms with Crippen LogP contribution in [0.5, 0.6) is 0 Å². The Morgan fingerprint density at radius 1 is 1.41 bits per heavy atom. The van der Waals surface area contributed by atoms with Crippen LogP contribution < -0.4 is 5.32 Å². The average Bonchev–Trinajstić information content (AvgIpc) is 2.93. The molecule has 1 spiro atoms. The van der Waals surface area contributed by atoms with Crippen LogP contribution in [-0.2, 0) is 11.3 Å². The fourth-order valence-corrected chi connectivity index (χ4v) is 2.90. The van der Waals surface area contributed by atoms with E-state index < -0.39 is 0 Å². The number of aromatic amines is 1. The van der Waals surface area contributed by atoms with Gasteiger partial charge in [-0.2, -0.15) is 0 Å². The number of imidazole rings is 1. The molecule has 17 heavy (non-hydrogen) atoms. The Morgan fingerprint density at radius 3 is 2.82 bits per heavy atom. The molecule has 0 atom stereocenters. The van der Waals surface area contributed by atoms with Gasteiger partial charge in [0.2, 0.25) is 5.91 Å². The summed E-state index contributed by atoms with van der Waals surface area (Å²) in [6.07, 6.45) is 6.58. The molecule has 0 bridgehead atoms. The molecule has 2 saturated heterocycles. The normalized spacial score (nSPS) is 24.1. The van der Waals surface area contributed by atoms with Crippen molar-refractivity contribution >= 4 is 5.91 Å². The van der Waals surface area contributed by atoms with Gasteiger partial charge in [-0.15, -0.1) is 0 Å². The van der Waals surface area contributed by atoms with Crippen molar-refractivity contribution in [3.05, 3.63) is 18.2 Å². The highest BCUT2D eigenvalue weighted by atomic mass is 16.1. The Labute approximate surface area is 101 Å². The number of hydrogen-bond acceptors (Lipinski definition) is 3. The van der Waals surface area contributed by atoms with Gasteiger partial charge in [0.05, 0.1) is 6.33 Å². The molecule has 0 unspecified atom stereocenters. The van der Waals surface area contributed by atoms with Crippen LogP contribution in [0.25, 0.3) is 0 Å². The van der Waals surface area contributed by atoms with Gasteiger partial charge in [-0.05, 0) is 31.3 Å². The number of likely N-dealkylation sites (tertiary alicyclic amines) is 1. The summed E-state index contributed by atoms with van der Waals surface area (Å²) >= 11 is 0. The molecule has 2 aliphatic rings. The van der Waals surface area contributed by atoms with Crippen LogP contribution in [0.15, 0.2) is 12.5 Å². The molecule has 0 radical (unpaired) electrons. The first-order chi connectivity index (χ1) is 8.26. The molecule has 0 aliphatic carbocycles. The molecule has 0 aromatic carbocycles. The molecule has 2 fully saturated rings. The van der Waals surface area contributed by atoms with Gasteiger partial charge in [-0.25, -0.2) is 4.98 Å². The van der Waals surface area contributed by atoms with Gasteiger partial charge in [0, 0.05) is 31.4 Å². The SMILES string of the molecule is O=C1CC2(CCN(Cc3cnc[nH]3)CC2)CN1. The summed E-state index contributed by atoms with van der Waals surface area (Å²) in [4.78, 5) is 20.9. The summed E-state index contributed by atoms with van der Waals surface area (Å²) in [6, 6.07) is 0. The summed E-state index contributed by atoms with van der Waals surface area (Å²) in [6.45, 7) is 3.98. The second-order valence-electron chi connectivity index (χ2n) is 5.31. The monoisotopic (exact) mass is 234 g/mol. The second kappa shape index (κ2) is 4.14. The number of rotatable bonds is 2. The van der Waals surface area contributed by atoms with Gasteiger partial charge in [-0.3, -0.25) is 9.69 Å². The van der Waals surface area contributed by atoms with Crippen LogP contribution in [0.4, 0.5) is 0 Å². The molecule has 1 amide bonds. The van der Waals surface area contributed by atoms with E-state index in [0.29, 0.717) is 0 Å². The number of aromatic nitrogens is 2. The third-order valence-corrected chi connectivity index (χ3v) is 4.06. The maximum absolute atomic E-state index is 11.3. The Morgan fingerprint density at radius 2 is 2.24 bits per heavy atom. The predicted molar refractivity (Wildman–Crippen MR) is 63.2 cm³/mol. The minimum atomic E-state index is 0.229. The lowest BCUT2D eigenvalue weighted by molar-refractivity contribution is -0.119. The lowest BCUT2D eigenvalue weighted by atomic mass is 9.77. The molecular formula is C12H18N4O. The molecule has 2 aliphatic heterocycles. The summed E-state index contributed by atoms with van der Waals surface area (Å²) in [5.74, 6) is 0.229. The van der Waals surface area contributed by atoms with Crippen molar-refractivity contribution in [2.75, 3.05) is 19.6 Å². The minimum Gasteiger partial charge on any atom is -0.356 e. The van der Waals surface area contributed by atoms with Gasteiger partial charge in [0.25, 0.3) is 0 Å². The number of carbonyl (C=O) groups is 1. The standard InChI is InChI=1S/C12H18N4O/c17-11-5-12(8-14-11)1-3-16(4-2-12)7-10-6-13-9-15-10/h6,9H,1-5,7-8H2,(H,13,15)(H,14,17). The topological polar surface area (TPSA) is 61.0 Å². The average molecular weight is 234 g/mol. The van der Waals surface area contributed by atoms with E-state index in [1.807, 2.05) is 6.20 Å². The van der Waals surface area contributed by atoms with Crippen LogP contribution in [0.1, 0.15) is 25.0 Å². The van der Waals surface area contributed by atoms with Crippen molar-refractivity contribution in [2.24, 2.45) is 5.41 Å². The Balaban J connectivity index is 1.55. The van der Waals surface area contributed by atoms with E-state index in [2.05, 4.69) is 20.2 Å². The number of nitrogens with zero attached hydrogens (tertiary/aromatic N) is 2. The van der Waals surface area contributed by atoms with E-state index in [-0.39, 0.29) is 11.3 Å². The van der Waals surface area contributed by atoms with Gasteiger partial charge in [0.1, 0.15) is 0 Å². The number of hydrogen-bond donors (Lipinski definition) is 2. The number of carbonyl (C=O) groups excluding carboxylic acids is 1. The Bertz CT molecular complexity index is 393. The molecule has 3 heterocycles. The van der Waals surface area contributed by atoms with Gasteiger partial charge < -0.3 is 10.3 Å². The molecule has 0 saturated carbocycles. The lowest BCUT2D eigenvalue weighted by Gasteiger charge is -2.37. The molecule has 92 valence electrons. The first kappa shape index (κ1) is 10.8. The predicted octanol–water partition coefficient (Wildman–Crippen LogP) is 0.512. The molecule has 2 N–H and O–H groups in total. The Hall–Kier alpha value is -1.36. The highest BCUT2D eigenvalue weighted by Crippen LogP contribution is 2.37. The first-order valence-corrected chi connectivity index (χ1v) is 6.22. The van der Waals surface area contributed by atoms with E-state index in [9.17, 15) is 4.79 Å². The van der Waals surface area contributed by atoms with E-state index >= 15 is 0 Å². The van der Waals surface area contributed by atoms with Crippen molar-refractivity contribution in [3.63, 3.8) is 0 Å². The van der Waals surface area contributed by atoms with Crippen LogP contribution in [0.3, 0.4) is 0 Å². The Kier molecular flexibility index (Phi) is 2.63. The number of piperidine rings is 1. The lowest BCUT2D eigenvalue weighted by Crippen LogP contribution is -2.40. The summed E-state index contributed by atoms with van der Waals surface area (Å²) in [5, 5.41) is 2.97. The maximum Gasteiger partial charge on any atom is 0.220 e. The number of H-pyrrole nitrogens is 1. The van der Waals surface area contributed by atoms with Crippen molar-refractivity contribution in [3.8, 4) is 0 Å². The van der Waals surface area contributed by atoms with E-state index in [4.69, 9.17) is 0 Å². The highest BCUT2D eigenvalue weighted by molar-refractivity contribution is 5.79. The fraction of sp³-hybridized carbons (Fsp3) is 0.667. The molecular weight excluding hydrogens is 216 g/mol. The third kappa shape index (κ3) is 2.20. The van der Waals surface area contributed by atoms with Crippen LogP contribution >= 0.6 is 0 Å². The van der Waals surface area contributed by atoms with E-state index in [0.717, 1.165) is 45.4 Å². The summed E-state index contributed by atoms with van der Waals surface area (Å²) in [5.41, 5.74) is 1.42. The van der Waals surface area contributed by atoms with Gasteiger partial charge >= 0.3 is 0 Å². The summed E-state index contributed by atoms with van der Waals surface area (Å²) < 4.78 is 0. The van der Waals surface area contributed by atoms with Gasteiger partial charge in [-0.1, -0.05) is 0 Å². The zero-order valence-electron chi connectivity index (χ0n) is 9.91. The minimum absolute atomic E-state index is 0.229. The van der Waals surface area contributed by atoms with E-state index in [1.165, 1.54) is 5.69 Å². The smallest absolute Gasteiger partial charge is 0.220 e. The van der Waals surface area contributed by atoms with Crippen molar-refractivity contribution in [1.82, 2.24) is 20.2 Å². The van der Waals surface area contributed by atoms with Crippen molar-refractivity contribution < 1.29 is 4.79 Å². The third-order valence-electron chi connectivity index (χ3n) is 4.06. The first-order valence-electron chi connectivity index (χ1n) is 6.22. The zero-order valence-corrected chi connectivity index (χ0v) is 9.91. The quantitative estimate of drug-likeness (QED) is 0.784.